The molecule has 1 aromatic carbocycles. The number of likely N-dealkylation sites (tertiary alicyclic amines) is 1. The minimum absolute atomic E-state index is 0.0326. The molecule has 2 amide bonds. The number of nitrogens with zero attached hydrogens (tertiary/aromatic N) is 5. The van der Waals surface area contributed by atoms with E-state index in [1.165, 1.54) is 29.4 Å². The SMILES string of the molecule is CN(CC(F)(F)F)C(=O)CN1CC2C(C1)C2CN(Cc1cccc(OC(F)(F)F)c1)C(=O)c1cn(C)cn1. The van der Waals surface area contributed by atoms with E-state index in [9.17, 15) is 35.9 Å². The molecule has 8 nitrogen and oxygen atoms in total. The van der Waals surface area contributed by atoms with Gasteiger partial charge in [0.05, 0.1) is 12.9 Å². The molecule has 1 saturated carbocycles. The van der Waals surface area contributed by atoms with E-state index in [4.69, 9.17) is 0 Å². The summed E-state index contributed by atoms with van der Waals surface area (Å²) in [7, 11) is 2.82. The summed E-state index contributed by atoms with van der Waals surface area (Å²) in [5, 5.41) is 0. The van der Waals surface area contributed by atoms with E-state index in [0.717, 1.165) is 7.05 Å². The fourth-order valence-corrected chi connectivity index (χ4v) is 5.03. The molecule has 2 heterocycles. The number of aryl methyl sites for hydroxylation is 1. The van der Waals surface area contributed by atoms with Crippen LogP contribution in [-0.2, 0) is 18.4 Å². The third-order valence-corrected chi connectivity index (χ3v) is 6.80. The Hall–Kier alpha value is -3.29. The van der Waals surface area contributed by atoms with Crippen molar-refractivity contribution in [3.05, 3.63) is 48.0 Å². The van der Waals surface area contributed by atoms with Crippen LogP contribution in [-0.4, -0.2) is 88.4 Å². The smallest absolute Gasteiger partial charge is 0.406 e. The van der Waals surface area contributed by atoms with Gasteiger partial charge in [0.15, 0.2) is 0 Å². The van der Waals surface area contributed by atoms with Crippen molar-refractivity contribution >= 4 is 11.8 Å². The molecule has 0 spiro atoms. The number of likely N-dealkylation sites (N-methyl/N-ethyl adjacent to an activating group) is 1. The quantitative estimate of drug-likeness (QED) is 0.452. The number of imidazole rings is 1. The molecule has 4 rings (SSSR count). The molecule has 1 saturated heterocycles. The van der Waals surface area contributed by atoms with E-state index in [1.54, 1.807) is 23.9 Å². The van der Waals surface area contributed by atoms with Crippen LogP contribution in [0.3, 0.4) is 0 Å². The molecule has 1 aliphatic carbocycles. The number of alkyl halides is 6. The number of fused-ring (bicyclic) bond motifs is 1. The van der Waals surface area contributed by atoms with Gasteiger partial charge in [-0.3, -0.25) is 14.5 Å². The van der Waals surface area contributed by atoms with E-state index in [2.05, 4.69) is 9.72 Å². The highest BCUT2D eigenvalue weighted by molar-refractivity contribution is 5.92. The molecule has 1 aromatic heterocycles. The Kier molecular flexibility index (Phi) is 7.64. The summed E-state index contributed by atoms with van der Waals surface area (Å²) in [6, 6.07) is 5.41. The van der Waals surface area contributed by atoms with Crippen molar-refractivity contribution in [2.75, 3.05) is 39.8 Å². The Morgan fingerprint density at radius 2 is 1.82 bits per heavy atom. The number of rotatable bonds is 9. The molecule has 2 atom stereocenters. The highest BCUT2D eigenvalue weighted by atomic mass is 19.4. The topological polar surface area (TPSA) is 70.9 Å². The van der Waals surface area contributed by atoms with Crippen LogP contribution in [0.1, 0.15) is 16.1 Å². The summed E-state index contributed by atoms with van der Waals surface area (Å²) >= 11 is 0. The van der Waals surface area contributed by atoms with Crippen LogP contribution in [0.15, 0.2) is 36.8 Å². The second-order valence-electron chi connectivity index (χ2n) is 9.86. The van der Waals surface area contributed by atoms with Gasteiger partial charge in [-0.1, -0.05) is 12.1 Å². The Labute approximate surface area is 214 Å². The monoisotopic (exact) mass is 547 g/mol. The van der Waals surface area contributed by atoms with Crippen molar-refractivity contribution in [2.24, 2.45) is 24.8 Å². The molecule has 0 radical (unpaired) electrons. The van der Waals surface area contributed by atoms with Crippen molar-refractivity contribution < 1.29 is 40.7 Å². The van der Waals surface area contributed by atoms with Gasteiger partial charge in [0.25, 0.3) is 5.91 Å². The van der Waals surface area contributed by atoms with Gasteiger partial charge in [-0.05, 0) is 35.4 Å². The third-order valence-electron chi connectivity index (χ3n) is 6.80. The average molecular weight is 548 g/mol. The number of amides is 2. The molecule has 2 unspecified atom stereocenters. The average Bonchev–Trinajstić information content (AvgIpc) is 3.12. The summed E-state index contributed by atoms with van der Waals surface area (Å²) in [6.45, 7) is -0.0392. The Bertz CT molecular complexity index is 1150. The molecule has 38 heavy (non-hydrogen) atoms. The third kappa shape index (κ3) is 7.17. The van der Waals surface area contributed by atoms with Crippen LogP contribution >= 0.6 is 0 Å². The zero-order chi connectivity index (χ0) is 27.8. The number of benzene rings is 1. The maximum Gasteiger partial charge on any atom is 0.573 e. The maximum atomic E-state index is 13.2. The molecular weight excluding hydrogens is 520 g/mol. The minimum Gasteiger partial charge on any atom is -0.406 e. The van der Waals surface area contributed by atoms with Crippen molar-refractivity contribution in [3.8, 4) is 5.75 Å². The highest BCUT2D eigenvalue weighted by Crippen LogP contribution is 2.52. The molecule has 0 N–H and O–H groups in total. The number of carbonyl (C=O) groups excluding carboxylic acids is 2. The standard InChI is InChI=1S/C24H27F6N5O3/c1-32-11-20(31-14-32)22(37)35(7-15-4-3-5-16(6-15)38-24(28,29)30)10-19-17-8-34(9-18(17)19)12-21(36)33(2)13-23(25,26)27/h3-6,11,14,17-19H,7-10,12-13H2,1-2H3. The first-order valence-electron chi connectivity index (χ1n) is 11.8. The van der Waals surface area contributed by atoms with Gasteiger partial charge in [0, 0.05) is 46.5 Å². The summed E-state index contributed by atoms with van der Waals surface area (Å²) in [5.74, 6) is -0.966. The van der Waals surface area contributed by atoms with Gasteiger partial charge in [-0.2, -0.15) is 13.2 Å². The van der Waals surface area contributed by atoms with Gasteiger partial charge in [0.2, 0.25) is 5.91 Å². The molecule has 14 heteroatoms. The van der Waals surface area contributed by atoms with E-state index in [-0.39, 0.29) is 48.2 Å². The summed E-state index contributed by atoms with van der Waals surface area (Å²) < 4.78 is 81.2. The van der Waals surface area contributed by atoms with E-state index in [0.29, 0.717) is 30.1 Å². The second-order valence-corrected chi connectivity index (χ2v) is 9.86. The zero-order valence-corrected chi connectivity index (χ0v) is 20.7. The van der Waals surface area contributed by atoms with Crippen molar-refractivity contribution in [1.29, 1.82) is 0 Å². The Balaban J connectivity index is 1.39. The molecule has 208 valence electrons. The Morgan fingerprint density at radius 3 is 2.39 bits per heavy atom. The first kappa shape index (κ1) is 27.7. The van der Waals surface area contributed by atoms with E-state index < -0.39 is 25.0 Å². The molecule has 2 aromatic rings. The van der Waals surface area contributed by atoms with Gasteiger partial charge < -0.3 is 19.1 Å². The number of ether oxygens (including phenoxy) is 1. The first-order valence-corrected chi connectivity index (χ1v) is 11.8. The van der Waals surface area contributed by atoms with E-state index in [1.807, 2.05) is 4.90 Å². The maximum absolute atomic E-state index is 13.2. The van der Waals surface area contributed by atoms with Crippen molar-refractivity contribution in [1.82, 2.24) is 24.3 Å². The number of aromatic nitrogens is 2. The predicted molar refractivity (Wildman–Crippen MR) is 122 cm³/mol. The van der Waals surface area contributed by atoms with Gasteiger partial charge in [-0.25, -0.2) is 4.98 Å². The van der Waals surface area contributed by atoms with Crippen LogP contribution in [0.5, 0.6) is 5.75 Å². The molecular formula is C24H27F6N5O3. The van der Waals surface area contributed by atoms with E-state index >= 15 is 0 Å². The lowest BCUT2D eigenvalue weighted by molar-refractivity contribution is -0.274. The lowest BCUT2D eigenvalue weighted by atomic mass is 10.1. The lowest BCUT2D eigenvalue weighted by Gasteiger charge is -2.26. The van der Waals surface area contributed by atoms with Crippen molar-refractivity contribution in [2.45, 2.75) is 19.1 Å². The van der Waals surface area contributed by atoms with Gasteiger partial charge in [-0.15, -0.1) is 13.2 Å². The first-order chi connectivity index (χ1) is 17.7. The normalized spacial score (nSPS) is 21.2. The fourth-order valence-electron chi connectivity index (χ4n) is 5.03. The molecule has 0 bridgehead atoms. The summed E-state index contributed by atoms with van der Waals surface area (Å²) in [5.41, 5.74) is 0.641. The minimum atomic E-state index is -4.84. The fraction of sp³-hybridized carbons (Fsp3) is 0.542. The number of halogens is 6. The largest absolute Gasteiger partial charge is 0.573 e. The molecule has 2 aliphatic rings. The van der Waals surface area contributed by atoms with Crippen LogP contribution in [0.4, 0.5) is 26.3 Å². The summed E-state index contributed by atoms with van der Waals surface area (Å²) in [4.78, 5) is 33.5. The Morgan fingerprint density at radius 1 is 1.13 bits per heavy atom. The highest BCUT2D eigenvalue weighted by Gasteiger charge is 2.56. The lowest BCUT2D eigenvalue weighted by Crippen LogP contribution is -2.42. The van der Waals surface area contributed by atoms with Gasteiger partial charge in [0.1, 0.15) is 18.0 Å². The number of piperidine rings is 1. The molecule has 1 aliphatic heterocycles. The van der Waals surface area contributed by atoms with Crippen LogP contribution in [0.2, 0.25) is 0 Å². The predicted octanol–water partition coefficient (Wildman–Crippen LogP) is 3.16. The summed E-state index contributed by atoms with van der Waals surface area (Å²) in [6.07, 6.45) is -6.29. The van der Waals surface area contributed by atoms with Crippen LogP contribution in [0, 0.1) is 17.8 Å². The zero-order valence-electron chi connectivity index (χ0n) is 20.7. The van der Waals surface area contributed by atoms with Crippen LogP contribution in [0.25, 0.3) is 0 Å². The van der Waals surface area contributed by atoms with Crippen molar-refractivity contribution in [3.63, 3.8) is 0 Å². The van der Waals surface area contributed by atoms with Crippen LogP contribution < -0.4 is 4.74 Å². The number of hydrogen-bond donors (Lipinski definition) is 0. The molecule has 2 fully saturated rings. The number of hydrogen-bond acceptors (Lipinski definition) is 5. The second kappa shape index (κ2) is 10.5. The number of carbonyl (C=O) groups is 2. The van der Waals surface area contributed by atoms with Gasteiger partial charge >= 0.3 is 12.5 Å².